The van der Waals surface area contributed by atoms with Crippen LogP contribution in [-0.2, 0) is 33.7 Å². The molecule has 306 valence electrons. The van der Waals surface area contributed by atoms with Gasteiger partial charge >= 0.3 is 5.97 Å². The van der Waals surface area contributed by atoms with Crippen LogP contribution < -0.4 is 10.3 Å². The molecule has 4 atom stereocenters. The number of carbonyl (C=O) groups excluding carboxylic acids is 1. The standard InChI is InChI=1S/C44H60N8O3S2/c1-10-51-37-12-11-31-19-33(37)35(41(51)34-20-32(24-45-40(34)29(3)54-9)50-17-15-49(8)16-18-50)23-43(4,5)27-55-42(53)44-14-13-30(22-44)25-52(47-44)28(2)38(57-48(6)7)21-39-46-36(31)26-56-39/h11-12,19-20,24,26,29-30,38,47H,2,10,13-18,21-23,25,27H2,1,3-9H3/t29?,30-,38?,44+/m1/s1. The molecule has 6 heterocycles. The quantitative estimate of drug-likeness (QED) is 0.149. The molecule has 2 unspecified atom stereocenters. The van der Waals surface area contributed by atoms with Crippen LogP contribution >= 0.6 is 23.3 Å². The van der Waals surface area contributed by atoms with E-state index in [1.165, 1.54) is 16.5 Å². The van der Waals surface area contributed by atoms with E-state index >= 15 is 0 Å². The summed E-state index contributed by atoms with van der Waals surface area (Å²) in [6.45, 7) is 19.2. The minimum Gasteiger partial charge on any atom is -0.464 e. The predicted octanol–water partition coefficient (Wildman–Crippen LogP) is 7.43. The molecule has 7 bridgehead atoms. The maximum absolute atomic E-state index is 14.4. The Morgan fingerprint density at radius 1 is 1.19 bits per heavy atom. The Hall–Kier alpha value is -3.46. The van der Waals surface area contributed by atoms with Crippen molar-refractivity contribution in [1.29, 1.82) is 0 Å². The van der Waals surface area contributed by atoms with Crippen LogP contribution in [0.2, 0.25) is 0 Å². The van der Waals surface area contributed by atoms with Gasteiger partial charge < -0.3 is 28.8 Å². The van der Waals surface area contributed by atoms with Gasteiger partial charge in [0.05, 0.1) is 51.9 Å². The number of hydrazine groups is 1. The Morgan fingerprint density at radius 2 is 1.98 bits per heavy atom. The molecule has 1 aliphatic carbocycles. The second kappa shape index (κ2) is 16.0. The number of benzene rings is 1. The minimum absolute atomic E-state index is 0.0454. The van der Waals surface area contributed by atoms with Crippen molar-refractivity contribution in [3.05, 3.63) is 64.4 Å². The van der Waals surface area contributed by atoms with Gasteiger partial charge in [-0.05, 0) is 90.4 Å². The number of hydrogen-bond acceptors (Lipinski definition) is 12. The van der Waals surface area contributed by atoms with Crippen molar-refractivity contribution in [2.75, 3.05) is 72.5 Å². The summed E-state index contributed by atoms with van der Waals surface area (Å²) in [6.07, 6.45) is 5.78. The monoisotopic (exact) mass is 812 g/mol. The van der Waals surface area contributed by atoms with Gasteiger partial charge in [0, 0.05) is 91.3 Å². The number of carbonyl (C=O) groups is 1. The zero-order valence-electron chi connectivity index (χ0n) is 35.1. The number of ether oxygens (including phenoxy) is 2. The fourth-order valence-corrected chi connectivity index (χ4v) is 11.3. The predicted molar refractivity (Wildman–Crippen MR) is 233 cm³/mol. The molecule has 0 radical (unpaired) electrons. The summed E-state index contributed by atoms with van der Waals surface area (Å²) >= 11 is 3.47. The first-order valence-electron chi connectivity index (χ1n) is 20.6. The number of aromatic nitrogens is 3. The average Bonchev–Trinajstić information content (AvgIpc) is 3.88. The topological polar surface area (TPSA) is 91.2 Å². The number of pyridine rings is 1. The Labute approximate surface area is 346 Å². The molecule has 4 aromatic rings. The molecule has 4 aliphatic rings. The zero-order valence-corrected chi connectivity index (χ0v) is 36.7. The number of anilines is 1. The van der Waals surface area contributed by atoms with E-state index in [1.54, 1.807) is 30.4 Å². The Morgan fingerprint density at radius 3 is 2.72 bits per heavy atom. The van der Waals surface area contributed by atoms with E-state index in [9.17, 15) is 4.79 Å². The van der Waals surface area contributed by atoms with Crippen molar-refractivity contribution in [3.8, 4) is 22.5 Å². The third-order valence-electron chi connectivity index (χ3n) is 12.6. The summed E-state index contributed by atoms with van der Waals surface area (Å²) in [7, 11) is 8.10. The summed E-state index contributed by atoms with van der Waals surface area (Å²) in [5, 5.41) is 6.67. The van der Waals surface area contributed by atoms with Crippen LogP contribution in [0.4, 0.5) is 5.69 Å². The van der Waals surface area contributed by atoms with E-state index in [0.29, 0.717) is 18.9 Å². The number of cyclic esters (lactones) is 1. The molecule has 3 aliphatic heterocycles. The van der Waals surface area contributed by atoms with Crippen LogP contribution in [0.5, 0.6) is 0 Å². The van der Waals surface area contributed by atoms with Crippen molar-refractivity contribution < 1.29 is 14.3 Å². The summed E-state index contributed by atoms with van der Waals surface area (Å²) < 4.78 is 17.0. The third kappa shape index (κ3) is 7.88. The molecule has 1 N–H and O–H groups in total. The molecule has 2 saturated heterocycles. The second-order valence-corrected chi connectivity index (χ2v) is 20.1. The van der Waals surface area contributed by atoms with Crippen LogP contribution in [0.15, 0.2) is 48.1 Å². The van der Waals surface area contributed by atoms with E-state index in [4.69, 9.17) is 19.4 Å². The molecule has 11 nitrogen and oxygen atoms in total. The van der Waals surface area contributed by atoms with Crippen molar-refractivity contribution in [2.45, 2.75) is 83.2 Å². The lowest BCUT2D eigenvalue weighted by atomic mass is 9.84. The highest BCUT2D eigenvalue weighted by atomic mass is 32.2. The van der Waals surface area contributed by atoms with Crippen LogP contribution in [0.1, 0.15) is 69.3 Å². The van der Waals surface area contributed by atoms with Crippen molar-refractivity contribution in [2.24, 2.45) is 11.3 Å². The van der Waals surface area contributed by atoms with Crippen molar-refractivity contribution in [1.82, 2.24) is 34.2 Å². The number of likely N-dealkylation sites (N-methyl/N-ethyl adjacent to an activating group) is 1. The third-order valence-corrected chi connectivity index (χ3v) is 14.5. The first kappa shape index (κ1) is 40.3. The summed E-state index contributed by atoms with van der Waals surface area (Å²) in [4.78, 5) is 29.6. The second-order valence-electron chi connectivity index (χ2n) is 17.7. The van der Waals surface area contributed by atoms with Crippen LogP contribution in [0.3, 0.4) is 0 Å². The lowest BCUT2D eigenvalue weighted by Gasteiger charge is -2.43. The Balaban J connectivity index is 1.29. The van der Waals surface area contributed by atoms with E-state index < -0.39 is 5.54 Å². The van der Waals surface area contributed by atoms with Gasteiger partial charge in [0.2, 0.25) is 0 Å². The summed E-state index contributed by atoms with van der Waals surface area (Å²) in [5.74, 6) is 0.246. The molecule has 13 heteroatoms. The number of nitrogens with zero attached hydrogens (tertiary/aromatic N) is 7. The molecule has 1 aromatic carbocycles. The molecule has 1 spiro atoms. The van der Waals surface area contributed by atoms with Gasteiger partial charge in [-0.3, -0.25) is 9.29 Å². The number of nitrogens with one attached hydrogen (secondary N) is 1. The molecule has 3 aromatic heterocycles. The average molecular weight is 813 g/mol. The smallest absolute Gasteiger partial charge is 0.328 e. The number of thiazole rings is 1. The van der Waals surface area contributed by atoms with Crippen molar-refractivity contribution in [3.63, 3.8) is 0 Å². The van der Waals surface area contributed by atoms with Gasteiger partial charge in [-0.2, -0.15) is 0 Å². The normalized spacial score (nSPS) is 24.9. The number of methoxy groups -OCH3 is 1. The molecule has 0 amide bonds. The van der Waals surface area contributed by atoms with Crippen LogP contribution in [0.25, 0.3) is 33.4 Å². The highest BCUT2D eigenvalue weighted by molar-refractivity contribution is 7.97. The SMILES string of the molecule is C=C1C(SN(C)C)Cc2nc(cs2)-c2ccc3c(c2)c(c(-c2cc(N4CCN(C)CC4)cnc2C(C)OC)n3CC)CC(C)(C)COC(=O)[C@@]23CC[C@@H](CN1N2)C3. The molecule has 57 heavy (non-hydrogen) atoms. The zero-order chi connectivity index (χ0) is 40.2. The maximum atomic E-state index is 14.4. The Kier molecular flexibility index (Phi) is 11.3. The first-order valence-corrected chi connectivity index (χ1v) is 22.3. The van der Waals surface area contributed by atoms with Gasteiger partial charge in [-0.25, -0.2) is 15.2 Å². The van der Waals surface area contributed by atoms with E-state index in [1.807, 2.05) is 6.20 Å². The lowest BCUT2D eigenvalue weighted by molar-refractivity contribution is -0.158. The highest BCUT2D eigenvalue weighted by Crippen LogP contribution is 2.45. The number of fused-ring (bicyclic) bond motifs is 6. The van der Waals surface area contributed by atoms with Crippen LogP contribution in [0, 0.1) is 11.3 Å². The number of rotatable bonds is 7. The van der Waals surface area contributed by atoms with E-state index in [2.05, 4.69) is 114 Å². The summed E-state index contributed by atoms with van der Waals surface area (Å²) in [6, 6.07) is 9.18. The molecular weight excluding hydrogens is 753 g/mol. The Bertz CT molecular complexity index is 2140. The van der Waals surface area contributed by atoms with Crippen LogP contribution in [-0.4, -0.2) is 113 Å². The van der Waals surface area contributed by atoms with Gasteiger partial charge in [-0.15, -0.1) is 11.3 Å². The molecule has 8 rings (SSSR count). The molecular formula is C44H60N8O3S2. The largest absolute Gasteiger partial charge is 0.464 e. The highest BCUT2D eigenvalue weighted by Gasteiger charge is 2.52. The number of aryl methyl sites for hydroxylation is 1. The fourth-order valence-electron chi connectivity index (χ4n) is 9.38. The maximum Gasteiger partial charge on any atom is 0.328 e. The first-order chi connectivity index (χ1) is 27.3. The van der Waals surface area contributed by atoms with E-state index in [0.717, 1.165) is 110 Å². The van der Waals surface area contributed by atoms with Gasteiger partial charge in [-0.1, -0.05) is 38.4 Å². The molecule has 3 fully saturated rings. The van der Waals surface area contributed by atoms with Gasteiger partial charge in [0.25, 0.3) is 0 Å². The van der Waals surface area contributed by atoms with Gasteiger partial charge in [0.1, 0.15) is 5.54 Å². The van der Waals surface area contributed by atoms with Crippen molar-refractivity contribution >= 4 is 45.8 Å². The number of esters is 1. The summed E-state index contributed by atoms with van der Waals surface area (Å²) in [5.41, 5.74) is 12.3. The van der Waals surface area contributed by atoms with E-state index in [-0.39, 0.29) is 22.7 Å². The molecule has 1 saturated carbocycles. The lowest BCUT2D eigenvalue weighted by Crippen LogP contribution is -2.62. The minimum atomic E-state index is -0.756. The number of piperazine rings is 1. The van der Waals surface area contributed by atoms with Gasteiger partial charge in [0.15, 0.2) is 0 Å². The number of hydrogen-bond donors (Lipinski definition) is 1. The fraction of sp³-hybridized carbons (Fsp3) is 0.568.